The van der Waals surface area contributed by atoms with E-state index in [0.29, 0.717) is 32.0 Å². The van der Waals surface area contributed by atoms with Crippen LogP contribution in [-0.2, 0) is 11.3 Å². The minimum Gasteiger partial charge on any atom is -0.356 e. The van der Waals surface area contributed by atoms with E-state index < -0.39 is 0 Å². The second-order valence-corrected chi connectivity index (χ2v) is 5.61. The summed E-state index contributed by atoms with van der Waals surface area (Å²) in [7, 11) is 3.51. The molecule has 1 amide bonds. The lowest BCUT2D eigenvalue weighted by molar-refractivity contribution is -0.130. The van der Waals surface area contributed by atoms with Gasteiger partial charge in [0.1, 0.15) is 0 Å². The smallest absolute Gasteiger partial charge is 0.224 e. The van der Waals surface area contributed by atoms with Crippen LogP contribution in [0, 0.1) is 0 Å². The SMILES string of the molecule is C=CCNC(=NC)NCCC(=O)N(C)Cc1ccccc1Br. The van der Waals surface area contributed by atoms with Crippen LogP contribution in [0.1, 0.15) is 12.0 Å². The molecular formula is C16H23BrN4O. The summed E-state index contributed by atoms with van der Waals surface area (Å²) in [5.41, 5.74) is 1.09. The number of rotatable bonds is 7. The van der Waals surface area contributed by atoms with Crippen molar-refractivity contribution in [1.29, 1.82) is 0 Å². The van der Waals surface area contributed by atoms with Crippen molar-refractivity contribution >= 4 is 27.8 Å². The van der Waals surface area contributed by atoms with E-state index in [4.69, 9.17) is 0 Å². The van der Waals surface area contributed by atoms with Gasteiger partial charge in [0.15, 0.2) is 5.96 Å². The first kappa shape index (κ1) is 18.2. The van der Waals surface area contributed by atoms with Crippen LogP contribution in [0.3, 0.4) is 0 Å². The molecule has 0 aliphatic carbocycles. The molecule has 2 N–H and O–H groups in total. The van der Waals surface area contributed by atoms with E-state index in [1.807, 2.05) is 31.3 Å². The Balaban J connectivity index is 2.38. The third-order valence-electron chi connectivity index (χ3n) is 3.06. The maximum atomic E-state index is 12.1. The summed E-state index contributed by atoms with van der Waals surface area (Å²) in [6.45, 7) is 5.39. The molecule has 6 heteroatoms. The number of nitrogens with zero attached hydrogens (tertiary/aromatic N) is 2. The number of carbonyl (C=O) groups excluding carboxylic acids is 1. The summed E-state index contributed by atoms with van der Waals surface area (Å²) in [6, 6.07) is 7.91. The second-order valence-electron chi connectivity index (χ2n) is 4.76. The predicted molar refractivity (Wildman–Crippen MR) is 94.8 cm³/mol. The van der Waals surface area contributed by atoms with Crippen LogP contribution in [0.5, 0.6) is 0 Å². The van der Waals surface area contributed by atoms with Crippen molar-refractivity contribution in [1.82, 2.24) is 15.5 Å². The monoisotopic (exact) mass is 366 g/mol. The van der Waals surface area contributed by atoms with E-state index in [9.17, 15) is 4.79 Å². The van der Waals surface area contributed by atoms with Gasteiger partial charge < -0.3 is 15.5 Å². The molecule has 0 saturated carbocycles. The molecule has 1 aromatic rings. The number of nitrogens with one attached hydrogen (secondary N) is 2. The van der Waals surface area contributed by atoms with Crippen LogP contribution in [-0.4, -0.2) is 44.0 Å². The van der Waals surface area contributed by atoms with Crippen LogP contribution >= 0.6 is 15.9 Å². The van der Waals surface area contributed by atoms with E-state index in [1.165, 1.54) is 0 Å². The third-order valence-corrected chi connectivity index (χ3v) is 3.83. The highest BCUT2D eigenvalue weighted by atomic mass is 79.9. The highest BCUT2D eigenvalue weighted by molar-refractivity contribution is 9.10. The van der Waals surface area contributed by atoms with Gasteiger partial charge >= 0.3 is 0 Å². The molecule has 0 saturated heterocycles. The molecule has 0 atom stereocenters. The molecule has 0 aliphatic rings. The van der Waals surface area contributed by atoms with Gasteiger partial charge in [-0.3, -0.25) is 9.79 Å². The Hall–Kier alpha value is -1.82. The summed E-state index contributed by atoms with van der Waals surface area (Å²) in [4.78, 5) is 17.9. The molecule has 1 aromatic carbocycles. The Labute approximate surface area is 140 Å². The van der Waals surface area contributed by atoms with E-state index in [-0.39, 0.29) is 5.91 Å². The van der Waals surface area contributed by atoms with E-state index >= 15 is 0 Å². The molecule has 0 bridgehead atoms. The third kappa shape index (κ3) is 6.30. The van der Waals surface area contributed by atoms with Crippen LogP contribution in [0.4, 0.5) is 0 Å². The van der Waals surface area contributed by atoms with Crippen molar-refractivity contribution in [2.24, 2.45) is 4.99 Å². The van der Waals surface area contributed by atoms with Crippen molar-refractivity contribution in [2.45, 2.75) is 13.0 Å². The largest absolute Gasteiger partial charge is 0.356 e. The average molecular weight is 367 g/mol. The van der Waals surface area contributed by atoms with Gasteiger partial charge in [0.2, 0.25) is 5.91 Å². The normalized spacial score (nSPS) is 11.0. The number of benzene rings is 1. The van der Waals surface area contributed by atoms with Crippen molar-refractivity contribution in [3.63, 3.8) is 0 Å². The number of carbonyl (C=O) groups is 1. The van der Waals surface area contributed by atoms with Gasteiger partial charge in [-0.1, -0.05) is 40.2 Å². The predicted octanol–water partition coefficient (Wildman–Crippen LogP) is 2.15. The lowest BCUT2D eigenvalue weighted by Crippen LogP contribution is -2.39. The molecule has 0 fully saturated rings. The fourth-order valence-electron chi connectivity index (χ4n) is 1.84. The fourth-order valence-corrected chi connectivity index (χ4v) is 2.25. The standard InChI is InChI=1S/C16H23BrN4O/c1-4-10-19-16(18-2)20-11-9-15(22)21(3)12-13-7-5-6-8-14(13)17/h4-8H,1,9-12H2,2-3H3,(H2,18,19,20). The fraction of sp³-hybridized carbons (Fsp3) is 0.375. The lowest BCUT2D eigenvalue weighted by atomic mass is 10.2. The van der Waals surface area contributed by atoms with Crippen molar-refractivity contribution in [3.05, 3.63) is 47.0 Å². The van der Waals surface area contributed by atoms with Gasteiger partial charge in [-0.2, -0.15) is 0 Å². The first-order valence-corrected chi connectivity index (χ1v) is 7.90. The van der Waals surface area contributed by atoms with Crippen LogP contribution in [0.2, 0.25) is 0 Å². The second kappa shape index (κ2) is 10.00. The Bertz CT molecular complexity index is 531. The molecule has 0 aromatic heterocycles. The number of amides is 1. The summed E-state index contributed by atoms with van der Waals surface area (Å²) in [5, 5.41) is 6.16. The summed E-state index contributed by atoms with van der Waals surface area (Å²) < 4.78 is 1.02. The Morgan fingerprint density at radius 3 is 2.77 bits per heavy atom. The molecule has 120 valence electrons. The van der Waals surface area contributed by atoms with Gasteiger partial charge in [0.05, 0.1) is 0 Å². The number of aliphatic imine (C=N–C) groups is 1. The first-order chi connectivity index (χ1) is 10.6. The molecule has 5 nitrogen and oxygen atoms in total. The molecule has 1 rings (SSSR count). The minimum absolute atomic E-state index is 0.0856. The van der Waals surface area contributed by atoms with Crippen molar-refractivity contribution in [2.75, 3.05) is 27.2 Å². The van der Waals surface area contributed by atoms with Gasteiger partial charge in [-0.15, -0.1) is 6.58 Å². The number of halogens is 1. The zero-order valence-corrected chi connectivity index (χ0v) is 14.7. The topological polar surface area (TPSA) is 56.7 Å². The van der Waals surface area contributed by atoms with E-state index in [1.54, 1.807) is 18.0 Å². The zero-order chi connectivity index (χ0) is 16.4. The summed E-state index contributed by atoms with van der Waals surface area (Å²) in [6.07, 6.45) is 2.17. The molecular weight excluding hydrogens is 344 g/mol. The van der Waals surface area contributed by atoms with Gasteiger partial charge in [-0.25, -0.2) is 0 Å². The number of hydrogen-bond acceptors (Lipinski definition) is 2. The molecule has 0 heterocycles. The van der Waals surface area contributed by atoms with Crippen LogP contribution in [0.15, 0.2) is 46.4 Å². The summed E-state index contributed by atoms with van der Waals surface area (Å²) >= 11 is 3.50. The molecule has 0 spiro atoms. The van der Waals surface area contributed by atoms with Crippen LogP contribution < -0.4 is 10.6 Å². The van der Waals surface area contributed by atoms with Gasteiger partial charge in [0, 0.05) is 44.6 Å². The summed E-state index contributed by atoms with van der Waals surface area (Å²) in [5.74, 6) is 0.753. The quantitative estimate of drug-likeness (QED) is 0.441. The highest BCUT2D eigenvalue weighted by Gasteiger charge is 2.10. The molecule has 22 heavy (non-hydrogen) atoms. The molecule has 0 radical (unpaired) electrons. The maximum absolute atomic E-state index is 12.1. The maximum Gasteiger partial charge on any atom is 0.224 e. The van der Waals surface area contributed by atoms with E-state index in [0.717, 1.165) is 10.0 Å². The number of hydrogen-bond donors (Lipinski definition) is 2. The van der Waals surface area contributed by atoms with E-state index in [2.05, 4.69) is 38.1 Å². The Morgan fingerprint density at radius 1 is 1.41 bits per heavy atom. The lowest BCUT2D eigenvalue weighted by Gasteiger charge is -2.18. The van der Waals surface area contributed by atoms with Crippen molar-refractivity contribution in [3.8, 4) is 0 Å². The van der Waals surface area contributed by atoms with Gasteiger partial charge in [-0.05, 0) is 11.6 Å². The minimum atomic E-state index is 0.0856. The zero-order valence-electron chi connectivity index (χ0n) is 13.1. The first-order valence-electron chi connectivity index (χ1n) is 7.11. The van der Waals surface area contributed by atoms with Gasteiger partial charge in [0.25, 0.3) is 0 Å². The Morgan fingerprint density at radius 2 is 2.14 bits per heavy atom. The van der Waals surface area contributed by atoms with Crippen molar-refractivity contribution < 1.29 is 4.79 Å². The average Bonchev–Trinajstić information content (AvgIpc) is 2.52. The molecule has 0 aliphatic heterocycles. The van der Waals surface area contributed by atoms with Crippen LogP contribution in [0.25, 0.3) is 0 Å². The number of guanidine groups is 1. The Kier molecular flexibility index (Phi) is 8.28. The molecule has 0 unspecified atom stereocenters. The highest BCUT2D eigenvalue weighted by Crippen LogP contribution is 2.17.